The number of thioether (sulfide) groups is 1. The summed E-state index contributed by atoms with van der Waals surface area (Å²) in [6, 6.07) is 11.2. The third-order valence-electron chi connectivity index (χ3n) is 4.84. The van der Waals surface area contributed by atoms with Crippen LogP contribution < -0.4 is 10.2 Å². The van der Waals surface area contributed by atoms with Crippen LogP contribution in [0.4, 0.5) is 16.0 Å². The number of benzene rings is 2. The number of carbonyl (C=O) groups is 1. The van der Waals surface area contributed by atoms with Gasteiger partial charge in [-0.3, -0.25) is 9.36 Å². The average molecular weight is 496 g/mol. The van der Waals surface area contributed by atoms with Crippen molar-refractivity contribution in [1.29, 1.82) is 0 Å². The highest BCUT2D eigenvalue weighted by atomic mass is 35.5. The smallest absolute Gasteiger partial charge is 0.237 e. The highest BCUT2D eigenvalue weighted by molar-refractivity contribution is 8.00. The quantitative estimate of drug-likeness (QED) is 0.501. The molecule has 0 radical (unpaired) electrons. The van der Waals surface area contributed by atoms with Crippen LogP contribution in [-0.2, 0) is 9.53 Å². The molecule has 0 spiro atoms. The van der Waals surface area contributed by atoms with E-state index in [9.17, 15) is 9.18 Å². The molecule has 1 aliphatic heterocycles. The summed E-state index contributed by atoms with van der Waals surface area (Å²) in [5.74, 6) is -0.103. The Bertz CT molecular complexity index is 1100. The van der Waals surface area contributed by atoms with E-state index in [1.165, 1.54) is 23.9 Å². The van der Waals surface area contributed by atoms with Crippen LogP contribution in [0.1, 0.15) is 6.92 Å². The minimum atomic E-state index is -0.559. The van der Waals surface area contributed by atoms with Crippen molar-refractivity contribution in [3.63, 3.8) is 0 Å². The normalized spacial score (nSPS) is 14.9. The Morgan fingerprint density at radius 2 is 1.84 bits per heavy atom. The summed E-state index contributed by atoms with van der Waals surface area (Å²) in [6.07, 6.45) is 0. The van der Waals surface area contributed by atoms with Crippen LogP contribution in [0.25, 0.3) is 5.69 Å². The highest BCUT2D eigenvalue weighted by Crippen LogP contribution is 2.33. The molecule has 1 aromatic heterocycles. The Hall–Kier alpha value is -2.33. The van der Waals surface area contributed by atoms with Crippen LogP contribution in [0.5, 0.6) is 0 Å². The van der Waals surface area contributed by atoms with Crippen LogP contribution in [0.2, 0.25) is 10.0 Å². The predicted molar refractivity (Wildman–Crippen MR) is 125 cm³/mol. The molecule has 1 saturated heterocycles. The van der Waals surface area contributed by atoms with Gasteiger partial charge in [-0.25, -0.2) is 4.39 Å². The number of ether oxygens (including phenoxy) is 1. The summed E-state index contributed by atoms with van der Waals surface area (Å²) >= 11 is 13.5. The molecular formula is C21H20Cl2FN5O2S. The molecule has 11 heteroatoms. The van der Waals surface area contributed by atoms with Gasteiger partial charge >= 0.3 is 0 Å². The average Bonchev–Trinajstić information content (AvgIpc) is 3.20. The highest BCUT2D eigenvalue weighted by Gasteiger charge is 2.25. The lowest BCUT2D eigenvalue weighted by molar-refractivity contribution is -0.115. The topological polar surface area (TPSA) is 72.3 Å². The summed E-state index contributed by atoms with van der Waals surface area (Å²) in [5, 5.41) is 12.0. The maximum absolute atomic E-state index is 14.0. The summed E-state index contributed by atoms with van der Waals surface area (Å²) in [6.45, 7) is 4.15. The van der Waals surface area contributed by atoms with Crippen molar-refractivity contribution in [3.05, 3.63) is 58.3 Å². The molecule has 1 N–H and O–H groups in total. The third kappa shape index (κ3) is 5.01. The van der Waals surface area contributed by atoms with E-state index in [1.807, 2.05) is 4.90 Å². The fourth-order valence-corrected chi connectivity index (χ4v) is 4.56. The first-order chi connectivity index (χ1) is 15.4. The van der Waals surface area contributed by atoms with E-state index in [1.54, 1.807) is 41.8 Å². The van der Waals surface area contributed by atoms with Crippen LogP contribution in [0, 0.1) is 5.82 Å². The molecule has 2 heterocycles. The lowest BCUT2D eigenvalue weighted by atomic mass is 10.3. The number of amides is 1. The number of para-hydroxylation sites is 1. The van der Waals surface area contributed by atoms with E-state index >= 15 is 0 Å². The van der Waals surface area contributed by atoms with Gasteiger partial charge in [-0.15, -0.1) is 10.2 Å². The Morgan fingerprint density at radius 1 is 1.16 bits per heavy atom. The molecule has 1 atom stereocenters. The third-order valence-corrected chi connectivity index (χ3v) is 6.51. The zero-order chi connectivity index (χ0) is 22.7. The monoisotopic (exact) mass is 495 g/mol. The lowest BCUT2D eigenvalue weighted by Gasteiger charge is -2.28. The summed E-state index contributed by atoms with van der Waals surface area (Å²) in [4.78, 5) is 14.9. The molecule has 0 bridgehead atoms. The first-order valence-corrected chi connectivity index (χ1v) is 11.5. The van der Waals surface area contributed by atoms with Gasteiger partial charge in [0.25, 0.3) is 0 Å². The van der Waals surface area contributed by atoms with Crippen molar-refractivity contribution in [2.24, 2.45) is 0 Å². The zero-order valence-corrected chi connectivity index (χ0v) is 19.4. The van der Waals surface area contributed by atoms with Gasteiger partial charge in [-0.1, -0.05) is 47.1 Å². The molecule has 0 saturated carbocycles. The Labute approximate surface area is 198 Å². The molecule has 1 unspecified atom stereocenters. The van der Waals surface area contributed by atoms with Crippen LogP contribution in [-0.4, -0.2) is 52.2 Å². The molecular weight excluding hydrogens is 476 g/mol. The number of anilines is 2. The van der Waals surface area contributed by atoms with E-state index < -0.39 is 5.25 Å². The molecule has 168 valence electrons. The first-order valence-electron chi connectivity index (χ1n) is 9.89. The number of aromatic nitrogens is 3. The molecule has 1 aliphatic rings. The Morgan fingerprint density at radius 3 is 2.53 bits per heavy atom. The van der Waals surface area contributed by atoms with Crippen molar-refractivity contribution >= 4 is 52.5 Å². The van der Waals surface area contributed by atoms with Crippen LogP contribution in [0.3, 0.4) is 0 Å². The van der Waals surface area contributed by atoms with Crippen molar-refractivity contribution < 1.29 is 13.9 Å². The number of carbonyl (C=O) groups excluding carboxylic acids is 1. The molecule has 4 rings (SSSR count). The van der Waals surface area contributed by atoms with E-state index in [0.29, 0.717) is 58.8 Å². The summed E-state index contributed by atoms with van der Waals surface area (Å²) in [7, 11) is 0. The molecule has 1 amide bonds. The molecule has 2 aromatic carbocycles. The Balaban J connectivity index is 1.61. The predicted octanol–water partition coefficient (Wildman–Crippen LogP) is 4.67. The minimum absolute atomic E-state index is 0.299. The zero-order valence-electron chi connectivity index (χ0n) is 17.1. The second-order valence-electron chi connectivity index (χ2n) is 7.04. The van der Waals surface area contributed by atoms with Crippen molar-refractivity contribution in [2.45, 2.75) is 17.3 Å². The van der Waals surface area contributed by atoms with E-state index in [0.717, 1.165) is 0 Å². The second-order valence-corrected chi connectivity index (χ2v) is 9.17. The fourth-order valence-electron chi connectivity index (χ4n) is 3.20. The molecule has 3 aromatic rings. The number of morpholine rings is 1. The van der Waals surface area contributed by atoms with E-state index in [2.05, 4.69) is 15.5 Å². The van der Waals surface area contributed by atoms with Gasteiger partial charge < -0.3 is 15.0 Å². The molecule has 1 fully saturated rings. The van der Waals surface area contributed by atoms with E-state index in [4.69, 9.17) is 27.9 Å². The maximum atomic E-state index is 14.0. The number of nitrogens with zero attached hydrogens (tertiary/aromatic N) is 4. The van der Waals surface area contributed by atoms with Gasteiger partial charge in [0.05, 0.1) is 39.9 Å². The van der Waals surface area contributed by atoms with Crippen LogP contribution >= 0.6 is 35.0 Å². The lowest BCUT2D eigenvalue weighted by Crippen LogP contribution is -2.38. The maximum Gasteiger partial charge on any atom is 0.237 e. The first kappa shape index (κ1) is 22.8. The van der Waals surface area contributed by atoms with E-state index in [-0.39, 0.29) is 11.7 Å². The number of rotatable bonds is 6. The second kappa shape index (κ2) is 10.1. The van der Waals surface area contributed by atoms with Crippen LogP contribution in [0.15, 0.2) is 47.6 Å². The number of nitrogens with one attached hydrogen (secondary N) is 1. The minimum Gasteiger partial charge on any atom is -0.378 e. The van der Waals surface area contributed by atoms with Gasteiger partial charge in [-0.2, -0.15) is 0 Å². The van der Waals surface area contributed by atoms with Crippen molar-refractivity contribution in [3.8, 4) is 5.69 Å². The SMILES string of the molecule is CC(Sc1nnc(N2CCOCC2)n1-c1cccc(F)c1)C(=O)Nc1c(Cl)cccc1Cl. The number of halogens is 3. The standard InChI is InChI=1S/C21H20Cl2FN5O2S/c1-13(19(30)25-18-16(22)6-3-7-17(18)23)32-21-27-26-20(28-8-10-31-11-9-28)29(21)15-5-2-4-14(24)12-15/h2-7,12-13H,8-11H2,1H3,(H,25,30). The van der Waals surface area contributed by atoms with Gasteiger partial charge in [0.15, 0.2) is 5.16 Å². The largest absolute Gasteiger partial charge is 0.378 e. The van der Waals surface area contributed by atoms with Crippen molar-refractivity contribution in [1.82, 2.24) is 14.8 Å². The molecule has 0 aliphatic carbocycles. The van der Waals surface area contributed by atoms with Gasteiger partial charge in [0, 0.05) is 13.1 Å². The summed E-state index contributed by atoms with van der Waals surface area (Å²) < 4.78 is 21.2. The van der Waals surface area contributed by atoms with Gasteiger partial charge in [0.1, 0.15) is 5.82 Å². The fraction of sp³-hybridized carbons (Fsp3) is 0.286. The molecule has 7 nitrogen and oxygen atoms in total. The number of hydrogen-bond donors (Lipinski definition) is 1. The molecule has 32 heavy (non-hydrogen) atoms. The number of hydrogen-bond acceptors (Lipinski definition) is 6. The van der Waals surface area contributed by atoms with Gasteiger partial charge in [0.2, 0.25) is 11.9 Å². The summed E-state index contributed by atoms with van der Waals surface area (Å²) in [5.41, 5.74) is 0.926. The Kier molecular flexibility index (Phi) is 7.20. The van der Waals surface area contributed by atoms with Crippen molar-refractivity contribution in [2.75, 3.05) is 36.5 Å². The van der Waals surface area contributed by atoms with Gasteiger partial charge in [-0.05, 0) is 37.3 Å².